The van der Waals surface area contributed by atoms with Crippen molar-refractivity contribution < 1.29 is 14.6 Å². The van der Waals surface area contributed by atoms with Crippen molar-refractivity contribution in [3.63, 3.8) is 0 Å². The number of nitrogens with one attached hydrogen (secondary N) is 1. The molecular weight excluding hydrogens is 306 g/mol. The van der Waals surface area contributed by atoms with Crippen LogP contribution in [0.2, 0.25) is 0 Å². The van der Waals surface area contributed by atoms with E-state index in [1.807, 2.05) is 38.1 Å². The predicted octanol–water partition coefficient (Wildman–Crippen LogP) is 1.77. The molecule has 2 N–H and O–H groups in total. The molecule has 0 saturated heterocycles. The van der Waals surface area contributed by atoms with Crippen LogP contribution in [0.25, 0.3) is 0 Å². The third-order valence-corrected chi connectivity index (χ3v) is 3.59. The van der Waals surface area contributed by atoms with Gasteiger partial charge in [0, 0.05) is 18.8 Å². The molecule has 0 aliphatic heterocycles. The number of rotatable bonds is 7. The van der Waals surface area contributed by atoms with Gasteiger partial charge < -0.3 is 15.2 Å². The molecule has 1 unspecified atom stereocenters. The molecule has 1 aromatic heterocycles. The van der Waals surface area contributed by atoms with Crippen LogP contribution in [0.4, 0.5) is 0 Å². The first-order chi connectivity index (χ1) is 11.3. The topological polar surface area (TPSA) is 76.4 Å². The zero-order valence-corrected chi connectivity index (χ0v) is 14.6. The number of aromatic nitrogens is 2. The number of benzene rings is 1. The van der Waals surface area contributed by atoms with Crippen LogP contribution < -0.4 is 10.1 Å². The third kappa shape index (κ3) is 5.09. The first-order valence-corrected chi connectivity index (χ1v) is 8.00. The average molecular weight is 331 g/mol. The van der Waals surface area contributed by atoms with Gasteiger partial charge in [0.1, 0.15) is 11.4 Å². The van der Waals surface area contributed by atoms with Crippen LogP contribution in [0.1, 0.15) is 31.9 Å². The summed E-state index contributed by atoms with van der Waals surface area (Å²) in [6, 6.07) is 7.48. The molecule has 6 nitrogen and oxygen atoms in total. The largest absolute Gasteiger partial charge is 0.491 e. The molecule has 1 atom stereocenters. The van der Waals surface area contributed by atoms with E-state index in [0.717, 1.165) is 11.3 Å². The lowest BCUT2D eigenvalue weighted by atomic mass is 9.99. The number of amides is 1. The van der Waals surface area contributed by atoms with Gasteiger partial charge >= 0.3 is 0 Å². The monoisotopic (exact) mass is 331 g/mol. The molecule has 1 aromatic carbocycles. The smallest absolute Gasteiger partial charge is 0.224 e. The standard InChI is InChI=1S/C18H25N3O3/c1-13(2)24-16-7-5-6-14(8-16)9-17(22)19-12-18(3,23)15-10-20-21(4)11-15/h5-8,10-11,13,23H,9,12H2,1-4H3,(H,19,22). The highest BCUT2D eigenvalue weighted by Crippen LogP contribution is 2.19. The molecule has 0 saturated carbocycles. The van der Waals surface area contributed by atoms with Crippen molar-refractivity contribution in [3.8, 4) is 5.75 Å². The van der Waals surface area contributed by atoms with E-state index in [1.54, 1.807) is 31.0 Å². The Bertz CT molecular complexity index is 692. The van der Waals surface area contributed by atoms with Gasteiger partial charge in [-0.25, -0.2) is 0 Å². The molecular formula is C18H25N3O3. The molecule has 0 aliphatic rings. The van der Waals surface area contributed by atoms with Gasteiger partial charge in [-0.2, -0.15) is 5.10 Å². The van der Waals surface area contributed by atoms with Crippen molar-refractivity contribution in [2.75, 3.05) is 6.54 Å². The summed E-state index contributed by atoms with van der Waals surface area (Å²) in [5.74, 6) is 0.596. The lowest BCUT2D eigenvalue weighted by molar-refractivity contribution is -0.121. The number of ether oxygens (including phenoxy) is 1. The van der Waals surface area contributed by atoms with Crippen molar-refractivity contribution in [2.45, 2.75) is 38.9 Å². The molecule has 0 radical (unpaired) electrons. The van der Waals surface area contributed by atoms with Crippen LogP contribution in [0.15, 0.2) is 36.7 Å². The Hall–Kier alpha value is -2.34. The third-order valence-electron chi connectivity index (χ3n) is 3.59. The van der Waals surface area contributed by atoms with Crippen LogP contribution >= 0.6 is 0 Å². The summed E-state index contributed by atoms with van der Waals surface area (Å²) >= 11 is 0. The number of aliphatic hydroxyl groups is 1. The Balaban J connectivity index is 1.91. The minimum absolute atomic E-state index is 0.0867. The number of hydrogen-bond donors (Lipinski definition) is 2. The van der Waals surface area contributed by atoms with Gasteiger partial charge in [-0.3, -0.25) is 9.48 Å². The molecule has 2 aromatic rings. The second-order valence-electron chi connectivity index (χ2n) is 6.44. The highest BCUT2D eigenvalue weighted by atomic mass is 16.5. The van der Waals surface area contributed by atoms with E-state index in [9.17, 15) is 9.90 Å². The lowest BCUT2D eigenvalue weighted by Crippen LogP contribution is -2.39. The second-order valence-corrected chi connectivity index (χ2v) is 6.44. The number of aryl methyl sites for hydroxylation is 1. The van der Waals surface area contributed by atoms with E-state index >= 15 is 0 Å². The van der Waals surface area contributed by atoms with Gasteiger partial charge in [0.25, 0.3) is 0 Å². The Morgan fingerprint density at radius 2 is 2.21 bits per heavy atom. The van der Waals surface area contributed by atoms with E-state index in [1.165, 1.54) is 0 Å². The first-order valence-electron chi connectivity index (χ1n) is 8.00. The minimum atomic E-state index is -1.16. The molecule has 0 bridgehead atoms. The Kier molecular flexibility index (Phi) is 5.62. The molecule has 2 rings (SSSR count). The van der Waals surface area contributed by atoms with Crippen LogP contribution in [-0.2, 0) is 23.9 Å². The molecule has 130 valence electrons. The van der Waals surface area contributed by atoms with Crippen molar-refractivity contribution in [1.82, 2.24) is 15.1 Å². The van der Waals surface area contributed by atoms with Crippen molar-refractivity contribution >= 4 is 5.91 Å². The van der Waals surface area contributed by atoms with Gasteiger partial charge in [0.05, 0.1) is 25.3 Å². The summed E-state index contributed by atoms with van der Waals surface area (Å²) in [7, 11) is 1.78. The van der Waals surface area contributed by atoms with E-state index in [0.29, 0.717) is 5.56 Å². The summed E-state index contributed by atoms with van der Waals surface area (Å²) in [6.45, 7) is 5.70. The maximum Gasteiger partial charge on any atom is 0.224 e. The molecule has 24 heavy (non-hydrogen) atoms. The summed E-state index contributed by atoms with van der Waals surface area (Å²) in [4.78, 5) is 12.1. The first kappa shape index (κ1) is 18.0. The summed E-state index contributed by atoms with van der Waals surface area (Å²) in [6.07, 6.45) is 3.65. The molecule has 0 fully saturated rings. The zero-order chi connectivity index (χ0) is 17.7. The number of nitrogens with zero attached hydrogens (tertiary/aromatic N) is 2. The van der Waals surface area contributed by atoms with E-state index in [4.69, 9.17) is 4.74 Å². The fraction of sp³-hybridized carbons (Fsp3) is 0.444. The normalized spacial score (nSPS) is 13.6. The van der Waals surface area contributed by atoms with E-state index < -0.39 is 5.60 Å². The maximum atomic E-state index is 12.1. The van der Waals surface area contributed by atoms with Crippen LogP contribution in [0.3, 0.4) is 0 Å². The van der Waals surface area contributed by atoms with Crippen LogP contribution in [0, 0.1) is 0 Å². The number of carbonyl (C=O) groups is 1. The number of hydrogen-bond acceptors (Lipinski definition) is 4. The minimum Gasteiger partial charge on any atom is -0.491 e. The van der Waals surface area contributed by atoms with Crippen molar-refractivity contribution in [3.05, 3.63) is 47.8 Å². The predicted molar refractivity (Wildman–Crippen MR) is 91.7 cm³/mol. The quantitative estimate of drug-likeness (QED) is 0.811. The van der Waals surface area contributed by atoms with Gasteiger partial charge in [0.2, 0.25) is 5.91 Å². The second kappa shape index (κ2) is 7.49. The van der Waals surface area contributed by atoms with Crippen molar-refractivity contribution in [2.24, 2.45) is 7.05 Å². The van der Waals surface area contributed by atoms with E-state index in [2.05, 4.69) is 10.4 Å². The fourth-order valence-electron chi connectivity index (χ4n) is 2.32. The highest BCUT2D eigenvalue weighted by Gasteiger charge is 2.25. The van der Waals surface area contributed by atoms with Gasteiger partial charge in [0.15, 0.2) is 0 Å². The SMILES string of the molecule is CC(C)Oc1cccc(CC(=O)NCC(C)(O)c2cnn(C)c2)c1. The van der Waals surface area contributed by atoms with Gasteiger partial charge in [-0.15, -0.1) is 0 Å². The lowest BCUT2D eigenvalue weighted by Gasteiger charge is -2.22. The zero-order valence-electron chi connectivity index (χ0n) is 14.6. The van der Waals surface area contributed by atoms with Crippen molar-refractivity contribution in [1.29, 1.82) is 0 Å². The van der Waals surface area contributed by atoms with Gasteiger partial charge in [-0.05, 0) is 38.5 Å². The Morgan fingerprint density at radius 1 is 1.46 bits per heavy atom. The van der Waals surface area contributed by atoms with Gasteiger partial charge in [-0.1, -0.05) is 12.1 Å². The highest BCUT2D eigenvalue weighted by molar-refractivity contribution is 5.78. The molecule has 1 heterocycles. The molecule has 0 aliphatic carbocycles. The van der Waals surface area contributed by atoms with Crippen LogP contribution in [-0.4, -0.2) is 33.4 Å². The fourth-order valence-corrected chi connectivity index (χ4v) is 2.32. The summed E-state index contributed by atoms with van der Waals surface area (Å²) < 4.78 is 7.25. The Labute approximate surface area is 142 Å². The molecule has 0 spiro atoms. The number of carbonyl (C=O) groups excluding carboxylic acids is 1. The summed E-state index contributed by atoms with van der Waals surface area (Å²) in [5.41, 5.74) is 0.372. The molecule has 6 heteroatoms. The Morgan fingerprint density at radius 3 is 2.83 bits per heavy atom. The average Bonchev–Trinajstić information content (AvgIpc) is 2.92. The van der Waals surface area contributed by atoms with Crippen LogP contribution in [0.5, 0.6) is 5.75 Å². The molecule has 1 amide bonds. The summed E-state index contributed by atoms with van der Waals surface area (Å²) in [5, 5.41) is 17.3. The maximum absolute atomic E-state index is 12.1. The van der Waals surface area contributed by atoms with E-state index in [-0.39, 0.29) is 25.0 Å².